The van der Waals surface area contributed by atoms with E-state index in [0.717, 1.165) is 10.4 Å². The van der Waals surface area contributed by atoms with E-state index in [-0.39, 0.29) is 6.54 Å². The number of fused-ring (bicyclic) bond motifs is 1. The van der Waals surface area contributed by atoms with E-state index in [1.165, 1.54) is 21.8 Å². The van der Waals surface area contributed by atoms with Gasteiger partial charge in [-0.25, -0.2) is 0 Å². The summed E-state index contributed by atoms with van der Waals surface area (Å²) in [5, 5.41) is 24.5. The van der Waals surface area contributed by atoms with Crippen LogP contribution in [0.25, 0.3) is 0 Å². The Hall–Kier alpha value is -2.22. The number of rotatable bonds is 5. The van der Waals surface area contributed by atoms with Crippen molar-refractivity contribution in [3.63, 3.8) is 0 Å². The van der Waals surface area contributed by atoms with E-state index in [1.54, 1.807) is 0 Å². The third kappa shape index (κ3) is 4.07. The number of benzene rings is 1. The van der Waals surface area contributed by atoms with Gasteiger partial charge in [-0.05, 0) is 29.0 Å². The lowest BCUT2D eigenvalue weighted by molar-refractivity contribution is -0.153. The molecule has 0 saturated carbocycles. The number of hydrogen-bond donors (Lipinski definition) is 3. The van der Waals surface area contributed by atoms with Gasteiger partial charge in [0, 0.05) is 18.0 Å². The van der Waals surface area contributed by atoms with Crippen LogP contribution in [0.15, 0.2) is 41.8 Å². The minimum atomic E-state index is -1.79. The Labute approximate surface area is 149 Å². The summed E-state index contributed by atoms with van der Waals surface area (Å²) < 4.78 is 0. The van der Waals surface area contributed by atoms with Crippen molar-refractivity contribution in [3.05, 3.63) is 57.8 Å². The van der Waals surface area contributed by atoms with E-state index >= 15 is 0 Å². The Kier molecular flexibility index (Phi) is 5.47. The van der Waals surface area contributed by atoms with Crippen LogP contribution < -0.4 is 5.32 Å². The van der Waals surface area contributed by atoms with Crippen molar-refractivity contribution in [1.82, 2.24) is 10.2 Å². The van der Waals surface area contributed by atoms with Crippen molar-refractivity contribution >= 4 is 23.2 Å². The highest BCUT2D eigenvalue weighted by atomic mass is 32.1. The molecule has 0 radical (unpaired) electrons. The fourth-order valence-corrected chi connectivity index (χ4v) is 3.49. The maximum absolute atomic E-state index is 12.4. The predicted molar refractivity (Wildman–Crippen MR) is 93.7 cm³/mol. The van der Waals surface area contributed by atoms with Gasteiger partial charge in [0.2, 0.25) is 0 Å². The number of thiophene rings is 1. The SMILES string of the molecule is O=C(NCc1cccs1)[C@H](O)[C@@H](O)C(=O)N1CCc2ccccc2C1. The fraction of sp³-hybridized carbons (Fsp3) is 0.333. The third-order valence-electron chi connectivity index (χ3n) is 4.28. The number of amides is 2. The van der Waals surface area contributed by atoms with E-state index in [2.05, 4.69) is 5.32 Å². The molecule has 2 amide bonds. The number of aliphatic hydroxyl groups is 2. The number of carbonyl (C=O) groups is 2. The molecule has 2 atom stereocenters. The fourth-order valence-electron chi connectivity index (χ4n) is 2.84. The monoisotopic (exact) mass is 360 g/mol. The molecule has 2 heterocycles. The molecule has 0 saturated heterocycles. The Bertz CT molecular complexity index is 747. The Morgan fingerprint density at radius 3 is 2.60 bits per heavy atom. The van der Waals surface area contributed by atoms with Gasteiger partial charge in [0.25, 0.3) is 11.8 Å². The third-order valence-corrected chi connectivity index (χ3v) is 5.16. The number of nitrogens with zero attached hydrogens (tertiary/aromatic N) is 1. The van der Waals surface area contributed by atoms with Gasteiger partial charge in [-0.3, -0.25) is 9.59 Å². The maximum atomic E-state index is 12.4. The summed E-state index contributed by atoms with van der Waals surface area (Å²) in [5.41, 5.74) is 2.20. The van der Waals surface area contributed by atoms with Crippen molar-refractivity contribution in [2.45, 2.75) is 31.7 Å². The first-order valence-corrected chi connectivity index (χ1v) is 8.96. The van der Waals surface area contributed by atoms with E-state index < -0.39 is 24.0 Å². The van der Waals surface area contributed by atoms with Crippen LogP contribution in [0, 0.1) is 0 Å². The molecule has 0 fully saturated rings. The highest BCUT2D eigenvalue weighted by Gasteiger charge is 2.34. The highest BCUT2D eigenvalue weighted by molar-refractivity contribution is 7.09. The van der Waals surface area contributed by atoms with Crippen LogP contribution in [0.2, 0.25) is 0 Å². The van der Waals surface area contributed by atoms with Crippen LogP contribution in [0.3, 0.4) is 0 Å². The first-order chi connectivity index (χ1) is 12.1. The van der Waals surface area contributed by atoms with Crippen LogP contribution in [0.4, 0.5) is 0 Å². The normalized spacial score (nSPS) is 16.0. The molecule has 0 unspecified atom stereocenters. The zero-order chi connectivity index (χ0) is 17.8. The maximum Gasteiger partial charge on any atom is 0.255 e. The van der Waals surface area contributed by atoms with Gasteiger partial charge in [0.1, 0.15) is 0 Å². The summed E-state index contributed by atoms with van der Waals surface area (Å²) in [6.45, 7) is 1.08. The van der Waals surface area contributed by atoms with Gasteiger partial charge in [0.15, 0.2) is 12.2 Å². The molecule has 3 N–H and O–H groups in total. The minimum Gasteiger partial charge on any atom is -0.380 e. The molecule has 1 aliphatic rings. The molecule has 6 nitrogen and oxygen atoms in total. The van der Waals surface area contributed by atoms with Crippen LogP contribution in [0.1, 0.15) is 16.0 Å². The average Bonchev–Trinajstić information content (AvgIpc) is 3.17. The number of aliphatic hydroxyl groups excluding tert-OH is 2. The second-order valence-corrected chi connectivity index (χ2v) is 7.00. The summed E-state index contributed by atoms with van der Waals surface area (Å²) in [4.78, 5) is 26.8. The molecule has 7 heteroatoms. The summed E-state index contributed by atoms with van der Waals surface area (Å²) >= 11 is 1.47. The van der Waals surface area contributed by atoms with Gasteiger partial charge < -0.3 is 20.4 Å². The molecule has 132 valence electrons. The quantitative estimate of drug-likeness (QED) is 0.731. The standard InChI is InChI=1S/C18H20N2O4S/c21-15(17(23)19-10-14-6-3-9-25-14)16(22)18(24)20-8-7-12-4-1-2-5-13(12)11-20/h1-6,9,15-16,21-22H,7-8,10-11H2,(H,19,23)/t15-,16-/m1/s1. The highest BCUT2D eigenvalue weighted by Crippen LogP contribution is 2.19. The topological polar surface area (TPSA) is 89.9 Å². The number of carbonyl (C=O) groups excluding carboxylic acids is 2. The number of hydrogen-bond acceptors (Lipinski definition) is 5. The van der Waals surface area contributed by atoms with Crippen LogP contribution in [-0.2, 0) is 29.1 Å². The van der Waals surface area contributed by atoms with Gasteiger partial charge in [-0.2, -0.15) is 0 Å². The first-order valence-electron chi connectivity index (χ1n) is 8.08. The minimum absolute atomic E-state index is 0.256. The zero-order valence-electron chi connectivity index (χ0n) is 13.6. The van der Waals surface area contributed by atoms with Gasteiger partial charge >= 0.3 is 0 Å². The van der Waals surface area contributed by atoms with Crippen molar-refractivity contribution in [3.8, 4) is 0 Å². The molecule has 1 aliphatic heterocycles. The van der Waals surface area contributed by atoms with Crippen molar-refractivity contribution in [2.24, 2.45) is 0 Å². The smallest absolute Gasteiger partial charge is 0.255 e. The molecule has 1 aromatic heterocycles. The Balaban J connectivity index is 1.57. The second kappa shape index (κ2) is 7.77. The summed E-state index contributed by atoms with van der Waals surface area (Å²) in [6, 6.07) is 11.5. The predicted octanol–water partition coefficient (Wildman–Crippen LogP) is 0.671. The van der Waals surface area contributed by atoms with E-state index in [4.69, 9.17) is 0 Å². The summed E-state index contributed by atoms with van der Waals surface area (Å²) in [7, 11) is 0. The molecular formula is C18H20N2O4S. The largest absolute Gasteiger partial charge is 0.380 e. The summed E-state index contributed by atoms with van der Waals surface area (Å²) in [6.07, 6.45) is -2.87. The molecular weight excluding hydrogens is 340 g/mol. The Morgan fingerprint density at radius 1 is 1.12 bits per heavy atom. The Morgan fingerprint density at radius 2 is 1.88 bits per heavy atom. The van der Waals surface area contributed by atoms with Crippen molar-refractivity contribution in [2.75, 3.05) is 6.54 Å². The average molecular weight is 360 g/mol. The van der Waals surface area contributed by atoms with Gasteiger partial charge in [-0.1, -0.05) is 30.3 Å². The molecule has 3 rings (SSSR count). The first kappa shape index (κ1) is 17.6. The van der Waals surface area contributed by atoms with Crippen molar-refractivity contribution < 1.29 is 19.8 Å². The van der Waals surface area contributed by atoms with Crippen LogP contribution in [-0.4, -0.2) is 45.7 Å². The van der Waals surface area contributed by atoms with Crippen LogP contribution in [0.5, 0.6) is 0 Å². The van der Waals surface area contributed by atoms with Gasteiger partial charge in [0.05, 0.1) is 6.54 Å². The van der Waals surface area contributed by atoms with E-state index in [0.29, 0.717) is 19.5 Å². The molecule has 0 spiro atoms. The second-order valence-electron chi connectivity index (χ2n) is 5.97. The lowest BCUT2D eigenvalue weighted by atomic mass is 9.99. The lowest BCUT2D eigenvalue weighted by Gasteiger charge is -2.31. The van der Waals surface area contributed by atoms with E-state index in [9.17, 15) is 19.8 Å². The number of nitrogens with one attached hydrogen (secondary N) is 1. The molecule has 0 aliphatic carbocycles. The molecule has 1 aromatic carbocycles. The van der Waals surface area contributed by atoms with Crippen LogP contribution >= 0.6 is 11.3 Å². The van der Waals surface area contributed by atoms with E-state index in [1.807, 2.05) is 41.8 Å². The van der Waals surface area contributed by atoms with Gasteiger partial charge in [-0.15, -0.1) is 11.3 Å². The molecule has 25 heavy (non-hydrogen) atoms. The summed E-state index contributed by atoms with van der Waals surface area (Å²) in [5.74, 6) is -1.39. The lowest BCUT2D eigenvalue weighted by Crippen LogP contribution is -2.51. The van der Waals surface area contributed by atoms with Crippen molar-refractivity contribution in [1.29, 1.82) is 0 Å². The molecule has 2 aromatic rings. The zero-order valence-corrected chi connectivity index (χ0v) is 14.4. The molecule has 0 bridgehead atoms.